The zero-order chi connectivity index (χ0) is 15.2. The molecule has 0 aliphatic carbocycles. The summed E-state index contributed by atoms with van der Waals surface area (Å²) in [6, 6.07) is 17.9. The van der Waals surface area contributed by atoms with Crippen LogP contribution in [0.5, 0.6) is 5.75 Å². The number of morpholine rings is 1. The molecular formula is C18H20ClNO2. The molecule has 3 rings (SSSR count). The number of para-hydroxylation sites is 1. The second-order valence-corrected chi connectivity index (χ2v) is 5.91. The molecule has 0 amide bonds. The zero-order valence-corrected chi connectivity index (χ0v) is 13.2. The van der Waals surface area contributed by atoms with E-state index in [1.165, 1.54) is 5.56 Å². The maximum absolute atomic E-state index is 5.93. The van der Waals surface area contributed by atoms with Crippen LogP contribution in [0.1, 0.15) is 5.56 Å². The van der Waals surface area contributed by atoms with Crippen molar-refractivity contribution in [1.82, 2.24) is 4.90 Å². The van der Waals surface area contributed by atoms with Gasteiger partial charge in [-0.3, -0.25) is 4.90 Å². The fraction of sp³-hybridized carbons (Fsp3) is 0.333. The number of ether oxygens (including phenoxy) is 2. The Bertz CT molecular complexity index is 573. The number of benzene rings is 2. The van der Waals surface area contributed by atoms with Gasteiger partial charge in [-0.25, -0.2) is 0 Å². The van der Waals surface area contributed by atoms with Gasteiger partial charge < -0.3 is 9.47 Å². The van der Waals surface area contributed by atoms with Gasteiger partial charge in [0.2, 0.25) is 0 Å². The molecule has 1 saturated heterocycles. The Labute approximate surface area is 136 Å². The average Bonchev–Trinajstić information content (AvgIpc) is 2.57. The first-order valence-corrected chi connectivity index (χ1v) is 7.93. The van der Waals surface area contributed by atoms with Crippen LogP contribution in [0, 0.1) is 0 Å². The first-order chi connectivity index (χ1) is 10.8. The maximum atomic E-state index is 5.93. The highest BCUT2D eigenvalue weighted by atomic mass is 35.5. The number of nitrogens with zero attached hydrogens (tertiary/aromatic N) is 1. The summed E-state index contributed by atoms with van der Waals surface area (Å²) in [6.07, 6.45) is 0.112. The first kappa shape index (κ1) is 15.3. The maximum Gasteiger partial charge on any atom is 0.119 e. The van der Waals surface area contributed by atoms with E-state index < -0.39 is 0 Å². The normalized spacial score (nSPS) is 19.0. The highest BCUT2D eigenvalue weighted by molar-refractivity contribution is 6.30. The van der Waals surface area contributed by atoms with Crippen molar-refractivity contribution in [2.45, 2.75) is 12.6 Å². The van der Waals surface area contributed by atoms with Gasteiger partial charge in [0.1, 0.15) is 18.5 Å². The SMILES string of the molecule is Clc1ccc(CN2CCO[C@H](COc3ccccc3)C2)cc1. The predicted molar refractivity (Wildman–Crippen MR) is 88.4 cm³/mol. The van der Waals surface area contributed by atoms with Gasteiger partial charge in [0.25, 0.3) is 0 Å². The fourth-order valence-corrected chi connectivity index (χ4v) is 2.70. The van der Waals surface area contributed by atoms with Crippen molar-refractivity contribution in [3.63, 3.8) is 0 Å². The molecule has 0 unspecified atom stereocenters. The second-order valence-electron chi connectivity index (χ2n) is 5.48. The molecule has 1 aliphatic heterocycles. The van der Waals surface area contributed by atoms with Crippen LogP contribution >= 0.6 is 11.6 Å². The minimum atomic E-state index is 0.112. The quantitative estimate of drug-likeness (QED) is 0.840. The zero-order valence-electron chi connectivity index (χ0n) is 12.5. The summed E-state index contributed by atoms with van der Waals surface area (Å²) in [6.45, 7) is 4.08. The van der Waals surface area contributed by atoms with E-state index in [-0.39, 0.29) is 6.10 Å². The van der Waals surface area contributed by atoms with E-state index in [0.29, 0.717) is 6.61 Å². The van der Waals surface area contributed by atoms with Crippen LogP contribution in [0.15, 0.2) is 54.6 Å². The first-order valence-electron chi connectivity index (χ1n) is 7.56. The van der Waals surface area contributed by atoms with E-state index in [1.54, 1.807) is 0 Å². The lowest BCUT2D eigenvalue weighted by molar-refractivity contribution is -0.0504. The van der Waals surface area contributed by atoms with Crippen molar-refractivity contribution < 1.29 is 9.47 Å². The highest BCUT2D eigenvalue weighted by Crippen LogP contribution is 2.15. The van der Waals surface area contributed by atoms with Crippen LogP contribution in [0.2, 0.25) is 5.02 Å². The molecule has 22 heavy (non-hydrogen) atoms. The van der Waals surface area contributed by atoms with Crippen molar-refractivity contribution in [2.75, 3.05) is 26.3 Å². The Hall–Kier alpha value is -1.55. The van der Waals surface area contributed by atoms with E-state index in [1.807, 2.05) is 42.5 Å². The lowest BCUT2D eigenvalue weighted by atomic mass is 10.2. The molecule has 1 heterocycles. The monoisotopic (exact) mass is 317 g/mol. The minimum absolute atomic E-state index is 0.112. The molecule has 3 nitrogen and oxygen atoms in total. The molecule has 2 aromatic carbocycles. The summed E-state index contributed by atoms with van der Waals surface area (Å²) in [5, 5.41) is 0.778. The Balaban J connectivity index is 1.49. The van der Waals surface area contributed by atoms with Gasteiger partial charge in [0.15, 0.2) is 0 Å². The van der Waals surface area contributed by atoms with Gasteiger partial charge in [0, 0.05) is 24.7 Å². The van der Waals surface area contributed by atoms with Crippen LogP contribution in [0.25, 0.3) is 0 Å². The molecular weight excluding hydrogens is 298 g/mol. The Morgan fingerprint density at radius 1 is 1.09 bits per heavy atom. The van der Waals surface area contributed by atoms with Crippen molar-refractivity contribution >= 4 is 11.6 Å². The van der Waals surface area contributed by atoms with Crippen LogP contribution in [-0.2, 0) is 11.3 Å². The lowest BCUT2D eigenvalue weighted by Gasteiger charge is -2.32. The molecule has 1 atom stereocenters. The van der Waals surface area contributed by atoms with Gasteiger partial charge in [-0.2, -0.15) is 0 Å². The minimum Gasteiger partial charge on any atom is -0.491 e. The number of hydrogen-bond acceptors (Lipinski definition) is 3. The topological polar surface area (TPSA) is 21.7 Å². The number of rotatable bonds is 5. The Morgan fingerprint density at radius 2 is 1.86 bits per heavy atom. The lowest BCUT2D eigenvalue weighted by Crippen LogP contribution is -2.44. The molecule has 116 valence electrons. The summed E-state index contributed by atoms with van der Waals surface area (Å²) >= 11 is 5.93. The van der Waals surface area contributed by atoms with E-state index in [2.05, 4.69) is 17.0 Å². The Kier molecular flexibility index (Phi) is 5.33. The molecule has 2 aromatic rings. The van der Waals surface area contributed by atoms with Crippen molar-refractivity contribution in [3.8, 4) is 5.75 Å². The standard InChI is InChI=1S/C18H20ClNO2/c19-16-8-6-15(7-9-16)12-20-10-11-21-18(13-20)14-22-17-4-2-1-3-5-17/h1-9,18H,10-14H2/t18-/m0/s1. The molecule has 0 radical (unpaired) electrons. The van der Waals surface area contributed by atoms with E-state index in [0.717, 1.165) is 37.0 Å². The number of halogens is 1. The highest BCUT2D eigenvalue weighted by Gasteiger charge is 2.21. The molecule has 0 bridgehead atoms. The molecule has 0 aromatic heterocycles. The Morgan fingerprint density at radius 3 is 2.64 bits per heavy atom. The van der Waals surface area contributed by atoms with Crippen LogP contribution in [0.4, 0.5) is 0 Å². The van der Waals surface area contributed by atoms with Crippen LogP contribution in [0.3, 0.4) is 0 Å². The van der Waals surface area contributed by atoms with Crippen LogP contribution in [-0.4, -0.2) is 37.3 Å². The third-order valence-corrected chi connectivity index (χ3v) is 3.97. The van der Waals surface area contributed by atoms with Gasteiger partial charge >= 0.3 is 0 Å². The third kappa shape index (κ3) is 4.47. The molecule has 1 aliphatic rings. The fourth-order valence-electron chi connectivity index (χ4n) is 2.58. The van der Waals surface area contributed by atoms with Gasteiger partial charge in [0.05, 0.1) is 6.61 Å². The van der Waals surface area contributed by atoms with Crippen LogP contribution < -0.4 is 4.74 Å². The van der Waals surface area contributed by atoms with Crippen molar-refractivity contribution in [2.24, 2.45) is 0 Å². The molecule has 0 saturated carbocycles. The average molecular weight is 318 g/mol. The van der Waals surface area contributed by atoms with E-state index in [9.17, 15) is 0 Å². The van der Waals surface area contributed by atoms with E-state index >= 15 is 0 Å². The summed E-state index contributed by atoms with van der Waals surface area (Å²) in [5.74, 6) is 0.890. The molecule has 0 N–H and O–H groups in total. The van der Waals surface area contributed by atoms with Gasteiger partial charge in [-0.1, -0.05) is 41.9 Å². The molecule has 1 fully saturated rings. The van der Waals surface area contributed by atoms with Gasteiger partial charge in [-0.15, -0.1) is 0 Å². The summed E-state index contributed by atoms with van der Waals surface area (Å²) in [7, 11) is 0. The van der Waals surface area contributed by atoms with E-state index in [4.69, 9.17) is 21.1 Å². The largest absolute Gasteiger partial charge is 0.491 e. The second kappa shape index (κ2) is 7.63. The summed E-state index contributed by atoms with van der Waals surface area (Å²) < 4.78 is 11.6. The van der Waals surface area contributed by atoms with Crippen molar-refractivity contribution in [1.29, 1.82) is 0 Å². The van der Waals surface area contributed by atoms with Gasteiger partial charge in [-0.05, 0) is 29.8 Å². The smallest absolute Gasteiger partial charge is 0.119 e. The summed E-state index contributed by atoms with van der Waals surface area (Å²) in [4.78, 5) is 2.39. The predicted octanol–water partition coefficient (Wildman–Crippen LogP) is 3.62. The van der Waals surface area contributed by atoms with Crippen molar-refractivity contribution in [3.05, 3.63) is 65.2 Å². The molecule has 4 heteroatoms. The molecule has 0 spiro atoms. The number of hydrogen-bond donors (Lipinski definition) is 0. The third-order valence-electron chi connectivity index (χ3n) is 3.72. The summed E-state index contributed by atoms with van der Waals surface area (Å²) in [5.41, 5.74) is 1.27.